The number of pyridine rings is 1. The van der Waals surface area contributed by atoms with E-state index in [0.717, 1.165) is 36.5 Å². The zero-order valence-corrected chi connectivity index (χ0v) is 15.3. The molecule has 4 heteroatoms. The first kappa shape index (κ1) is 17.5. The quantitative estimate of drug-likeness (QED) is 0.909. The van der Waals surface area contributed by atoms with E-state index in [-0.39, 0.29) is 11.9 Å². The minimum absolute atomic E-state index is 0.103. The van der Waals surface area contributed by atoms with Gasteiger partial charge in [-0.1, -0.05) is 38.1 Å². The second-order valence-corrected chi connectivity index (χ2v) is 7.23. The number of hydrogen-bond acceptors (Lipinski definition) is 3. The molecule has 1 fully saturated rings. The molecule has 1 aromatic heterocycles. The summed E-state index contributed by atoms with van der Waals surface area (Å²) >= 11 is 0. The van der Waals surface area contributed by atoms with Crippen molar-refractivity contribution in [3.05, 3.63) is 59.4 Å². The Kier molecular flexibility index (Phi) is 5.37. The Bertz CT molecular complexity index is 707. The Morgan fingerprint density at radius 3 is 2.64 bits per heavy atom. The van der Waals surface area contributed by atoms with Crippen LogP contribution in [0.15, 0.2) is 42.6 Å². The molecular weight excluding hydrogens is 310 g/mol. The molecule has 0 radical (unpaired) electrons. The molecule has 132 valence electrons. The second kappa shape index (κ2) is 7.68. The van der Waals surface area contributed by atoms with E-state index in [4.69, 9.17) is 0 Å². The fourth-order valence-electron chi connectivity index (χ4n) is 3.24. The lowest BCUT2D eigenvalue weighted by molar-refractivity contribution is -0.121. The monoisotopic (exact) mass is 337 g/mol. The number of aromatic nitrogens is 1. The summed E-state index contributed by atoms with van der Waals surface area (Å²) in [5.41, 5.74) is 4.53. The molecule has 4 nitrogen and oxygen atoms in total. The van der Waals surface area contributed by atoms with Crippen LogP contribution < -0.4 is 10.2 Å². The lowest BCUT2D eigenvalue weighted by Crippen LogP contribution is -2.38. The molecule has 2 heterocycles. The van der Waals surface area contributed by atoms with Crippen LogP contribution in [0, 0.1) is 6.92 Å². The summed E-state index contributed by atoms with van der Waals surface area (Å²) in [5, 5.41) is 3.17. The van der Waals surface area contributed by atoms with Crippen molar-refractivity contribution >= 4 is 11.6 Å². The summed E-state index contributed by atoms with van der Waals surface area (Å²) in [6.45, 7) is 8.15. The average Bonchev–Trinajstić information content (AvgIpc) is 3.04. The lowest BCUT2D eigenvalue weighted by atomic mass is 10.0. The van der Waals surface area contributed by atoms with E-state index in [1.54, 1.807) is 0 Å². The summed E-state index contributed by atoms with van der Waals surface area (Å²) < 4.78 is 0. The normalized spacial score (nSPS) is 17.1. The summed E-state index contributed by atoms with van der Waals surface area (Å²) in [5.74, 6) is 0.620. The molecular formula is C21H27N3O. The minimum atomic E-state index is 0.103. The number of anilines is 1. The van der Waals surface area contributed by atoms with Crippen molar-refractivity contribution in [1.29, 1.82) is 0 Å². The average molecular weight is 337 g/mol. The van der Waals surface area contributed by atoms with Crippen LogP contribution >= 0.6 is 0 Å². The number of nitrogens with zero attached hydrogens (tertiary/aromatic N) is 2. The van der Waals surface area contributed by atoms with Crippen molar-refractivity contribution in [2.24, 2.45) is 0 Å². The van der Waals surface area contributed by atoms with Gasteiger partial charge >= 0.3 is 0 Å². The highest BCUT2D eigenvalue weighted by Crippen LogP contribution is 2.20. The highest BCUT2D eigenvalue weighted by molar-refractivity contribution is 5.79. The largest absolute Gasteiger partial charge is 0.368 e. The number of benzene rings is 1. The van der Waals surface area contributed by atoms with Crippen molar-refractivity contribution in [2.45, 2.75) is 45.6 Å². The third-order valence-electron chi connectivity index (χ3n) is 4.83. The van der Waals surface area contributed by atoms with Crippen LogP contribution in [0.4, 0.5) is 5.69 Å². The molecule has 0 unspecified atom stereocenters. The van der Waals surface area contributed by atoms with Crippen molar-refractivity contribution in [1.82, 2.24) is 10.3 Å². The zero-order chi connectivity index (χ0) is 17.8. The maximum Gasteiger partial charge on any atom is 0.224 e. The Labute approximate surface area is 150 Å². The molecule has 0 saturated carbocycles. The first-order valence-corrected chi connectivity index (χ1v) is 9.07. The highest BCUT2D eigenvalue weighted by Gasteiger charge is 2.24. The Hall–Kier alpha value is -2.36. The van der Waals surface area contributed by atoms with E-state index in [9.17, 15) is 4.79 Å². The van der Waals surface area contributed by atoms with Crippen LogP contribution in [0.25, 0.3) is 0 Å². The number of carbonyl (C=O) groups excluding carboxylic acids is 1. The molecule has 1 aliphatic heterocycles. The van der Waals surface area contributed by atoms with Crippen LogP contribution in [-0.4, -0.2) is 30.0 Å². The van der Waals surface area contributed by atoms with Crippen LogP contribution in [0.3, 0.4) is 0 Å². The first-order valence-electron chi connectivity index (χ1n) is 9.07. The molecule has 1 aliphatic rings. The van der Waals surface area contributed by atoms with Gasteiger partial charge in [0, 0.05) is 24.8 Å². The third-order valence-corrected chi connectivity index (χ3v) is 4.83. The van der Waals surface area contributed by atoms with Gasteiger partial charge in [-0.15, -0.1) is 0 Å². The molecule has 0 aliphatic carbocycles. The molecule has 0 bridgehead atoms. The standard InChI is InChI=1S/C21H27N3O/c1-15(2)18-7-5-17(6-8-18)12-21(25)23-19-10-11-24(14-19)20-9-4-16(3)22-13-20/h4-9,13,15,19H,10-12,14H2,1-3H3,(H,23,25)/t19-/m1/s1. The van der Waals surface area contributed by atoms with Gasteiger partial charge in [0.2, 0.25) is 5.91 Å². The number of nitrogens with one attached hydrogen (secondary N) is 1. The van der Waals surface area contributed by atoms with Crippen LogP contribution in [0.5, 0.6) is 0 Å². The highest BCUT2D eigenvalue weighted by atomic mass is 16.1. The van der Waals surface area contributed by atoms with Gasteiger partial charge < -0.3 is 10.2 Å². The minimum Gasteiger partial charge on any atom is -0.368 e. The molecule has 0 spiro atoms. The van der Waals surface area contributed by atoms with Gasteiger partial charge in [0.1, 0.15) is 0 Å². The van der Waals surface area contributed by atoms with Crippen LogP contribution in [0.2, 0.25) is 0 Å². The maximum absolute atomic E-state index is 12.3. The summed E-state index contributed by atoms with van der Waals surface area (Å²) in [6.07, 6.45) is 3.34. The second-order valence-electron chi connectivity index (χ2n) is 7.23. The van der Waals surface area contributed by atoms with Gasteiger partial charge in [-0.05, 0) is 42.5 Å². The number of aryl methyl sites for hydroxylation is 1. The van der Waals surface area contributed by atoms with Gasteiger partial charge in [0.25, 0.3) is 0 Å². The predicted octanol–water partition coefficient (Wildman–Crippen LogP) is 3.45. The lowest BCUT2D eigenvalue weighted by Gasteiger charge is -2.19. The van der Waals surface area contributed by atoms with Crippen LogP contribution in [0.1, 0.15) is 43.0 Å². The molecule has 1 atom stereocenters. The molecule has 1 saturated heterocycles. The van der Waals surface area contributed by atoms with E-state index in [0.29, 0.717) is 12.3 Å². The van der Waals surface area contributed by atoms with E-state index in [2.05, 4.69) is 59.4 Å². The third kappa shape index (κ3) is 4.59. The number of amides is 1. The molecule has 1 amide bonds. The molecule has 2 aromatic rings. The molecule has 1 N–H and O–H groups in total. The van der Waals surface area contributed by atoms with E-state index in [1.165, 1.54) is 5.56 Å². The maximum atomic E-state index is 12.3. The van der Waals surface area contributed by atoms with Gasteiger partial charge in [-0.25, -0.2) is 0 Å². The molecule has 25 heavy (non-hydrogen) atoms. The van der Waals surface area contributed by atoms with E-state index < -0.39 is 0 Å². The zero-order valence-electron chi connectivity index (χ0n) is 15.3. The van der Waals surface area contributed by atoms with Crippen molar-refractivity contribution in [3.63, 3.8) is 0 Å². The van der Waals surface area contributed by atoms with Gasteiger partial charge in [-0.2, -0.15) is 0 Å². The van der Waals surface area contributed by atoms with E-state index >= 15 is 0 Å². The van der Waals surface area contributed by atoms with Gasteiger partial charge in [0.15, 0.2) is 0 Å². The fraction of sp³-hybridized carbons (Fsp3) is 0.429. The smallest absolute Gasteiger partial charge is 0.224 e. The summed E-state index contributed by atoms with van der Waals surface area (Å²) in [6, 6.07) is 12.7. The predicted molar refractivity (Wildman–Crippen MR) is 102 cm³/mol. The number of rotatable bonds is 5. The SMILES string of the molecule is Cc1ccc(N2CC[C@@H](NC(=O)Cc3ccc(C(C)C)cc3)C2)cn1. The number of carbonyl (C=O) groups is 1. The first-order chi connectivity index (χ1) is 12.0. The summed E-state index contributed by atoms with van der Waals surface area (Å²) in [7, 11) is 0. The molecule has 1 aromatic carbocycles. The Morgan fingerprint density at radius 1 is 1.24 bits per heavy atom. The summed E-state index contributed by atoms with van der Waals surface area (Å²) in [4.78, 5) is 19.0. The van der Waals surface area contributed by atoms with Gasteiger partial charge in [-0.3, -0.25) is 9.78 Å². The Balaban J connectivity index is 1.51. The number of hydrogen-bond donors (Lipinski definition) is 1. The van der Waals surface area contributed by atoms with Crippen molar-refractivity contribution in [2.75, 3.05) is 18.0 Å². The molecule has 3 rings (SSSR count). The van der Waals surface area contributed by atoms with Gasteiger partial charge in [0.05, 0.1) is 18.3 Å². The Morgan fingerprint density at radius 2 is 2.00 bits per heavy atom. The topological polar surface area (TPSA) is 45.2 Å². The van der Waals surface area contributed by atoms with Crippen molar-refractivity contribution in [3.8, 4) is 0 Å². The van der Waals surface area contributed by atoms with E-state index in [1.807, 2.05) is 19.2 Å². The van der Waals surface area contributed by atoms with Crippen LogP contribution in [-0.2, 0) is 11.2 Å². The fourth-order valence-corrected chi connectivity index (χ4v) is 3.24. The van der Waals surface area contributed by atoms with Crippen molar-refractivity contribution < 1.29 is 4.79 Å².